The van der Waals surface area contributed by atoms with Gasteiger partial charge in [-0.2, -0.15) is 5.10 Å². The molecule has 0 spiro atoms. The van der Waals surface area contributed by atoms with Crippen LogP contribution >= 0.6 is 0 Å². The maximum absolute atomic E-state index is 13.6. The van der Waals surface area contributed by atoms with Gasteiger partial charge >= 0.3 is 0 Å². The summed E-state index contributed by atoms with van der Waals surface area (Å²) in [7, 11) is -3.91. The molecular weight excluding hydrogens is 285 g/mol. The Hall–Kier alpha value is -1.84. The fourth-order valence-corrected chi connectivity index (χ4v) is 3.23. The molecule has 1 heterocycles. The van der Waals surface area contributed by atoms with Crippen molar-refractivity contribution in [1.29, 1.82) is 0 Å². The number of benzene rings is 1. The maximum Gasteiger partial charge on any atom is 0.241 e. The lowest BCUT2D eigenvalue weighted by Crippen LogP contribution is -2.29. The summed E-state index contributed by atoms with van der Waals surface area (Å²) in [5.41, 5.74) is 5.36. The van der Waals surface area contributed by atoms with Crippen molar-refractivity contribution < 1.29 is 12.8 Å². The Bertz CT molecular complexity index is 687. The molecule has 20 heavy (non-hydrogen) atoms. The van der Waals surface area contributed by atoms with E-state index in [1.165, 1.54) is 24.5 Å². The van der Waals surface area contributed by atoms with E-state index in [1.807, 2.05) is 0 Å². The molecular formula is C11H14FN5O2S. The predicted molar refractivity (Wildman–Crippen MR) is 69.4 cm³/mol. The van der Waals surface area contributed by atoms with Crippen molar-refractivity contribution in [3.05, 3.63) is 41.7 Å². The fraction of sp³-hybridized carbons (Fsp3) is 0.273. The first-order valence-corrected chi connectivity index (χ1v) is 7.29. The monoisotopic (exact) mass is 299 g/mol. The van der Waals surface area contributed by atoms with Gasteiger partial charge in [0, 0.05) is 12.1 Å². The standard InChI is InChI=1S/C11H14FN5O2S/c1-7(11-14-6-15-16-11)17-20(18,19)10-4-2-3-9(12)8(10)5-13/h2-4,6-7,17H,5,13H2,1H3,(H,14,15,16). The van der Waals surface area contributed by atoms with Crippen LogP contribution in [-0.2, 0) is 16.6 Å². The van der Waals surface area contributed by atoms with Gasteiger partial charge in [0.1, 0.15) is 18.0 Å². The first kappa shape index (κ1) is 14.6. The van der Waals surface area contributed by atoms with Gasteiger partial charge < -0.3 is 5.73 Å². The van der Waals surface area contributed by atoms with E-state index < -0.39 is 21.9 Å². The number of hydrogen-bond acceptors (Lipinski definition) is 5. The number of aromatic nitrogens is 3. The molecule has 0 radical (unpaired) electrons. The van der Waals surface area contributed by atoms with Crippen molar-refractivity contribution in [3.8, 4) is 0 Å². The third kappa shape index (κ3) is 2.84. The Balaban J connectivity index is 2.34. The topological polar surface area (TPSA) is 114 Å². The lowest BCUT2D eigenvalue weighted by molar-refractivity contribution is 0.554. The van der Waals surface area contributed by atoms with Crippen LogP contribution in [0.4, 0.5) is 4.39 Å². The Labute approximate surface area is 115 Å². The third-order valence-electron chi connectivity index (χ3n) is 2.75. The third-order valence-corrected chi connectivity index (χ3v) is 4.37. The van der Waals surface area contributed by atoms with E-state index in [0.29, 0.717) is 5.82 Å². The van der Waals surface area contributed by atoms with Crippen molar-refractivity contribution in [1.82, 2.24) is 19.9 Å². The van der Waals surface area contributed by atoms with Crippen molar-refractivity contribution in [2.75, 3.05) is 0 Å². The molecule has 0 aliphatic carbocycles. The van der Waals surface area contributed by atoms with Crippen LogP contribution in [0.25, 0.3) is 0 Å². The largest absolute Gasteiger partial charge is 0.326 e. The van der Waals surface area contributed by atoms with E-state index in [-0.39, 0.29) is 17.0 Å². The predicted octanol–water partition coefficient (Wildman–Crippen LogP) is 0.442. The number of nitrogens with zero attached hydrogens (tertiary/aromatic N) is 2. The van der Waals surface area contributed by atoms with Crippen LogP contribution < -0.4 is 10.5 Å². The van der Waals surface area contributed by atoms with Gasteiger partial charge in [0.05, 0.1) is 10.9 Å². The summed E-state index contributed by atoms with van der Waals surface area (Å²) >= 11 is 0. The SMILES string of the molecule is CC(NS(=O)(=O)c1cccc(F)c1CN)c1ncn[nH]1. The zero-order valence-electron chi connectivity index (χ0n) is 10.7. The number of sulfonamides is 1. The van der Waals surface area contributed by atoms with E-state index in [4.69, 9.17) is 5.73 Å². The first-order valence-electron chi connectivity index (χ1n) is 5.80. The van der Waals surface area contributed by atoms with Crippen LogP contribution in [0.15, 0.2) is 29.4 Å². The molecule has 9 heteroatoms. The van der Waals surface area contributed by atoms with Gasteiger partial charge in [-0.05, 0) is 19.1 Å². The van der Waals surface area contributed by atoms with Crippen LogP contribution in [0.2, 0.25) is 0 Å². The Kier molecular flexibility index (Phi) is 4.12. The zero-order valence-corrected chi connectivity index (χ0v) is 11.5. The second kappa shape index (κ2) is 5.65. The number of nitrogens with one attached hydrogen (secondary N) is 2. The second-order valence-corrected chi connectivity index (χ2v) is 5.82. The molecule has 0 saturated heterocycles. The Morgan fingerprint density at radius 1 is 1.50 bits per heavy atom. The van der Waals surface area contributed by atoms with E-state index >= 15 is 0 Å². The number of aromatic amines is 1. The van der Waals surface area contributed by atoms with Gasteiger partial charge in [0.15, 0.2) is 0 Å². The minimum atomic E-state index is -3.91. The van der Waals surface area contributed by atoms with Gasteiger partial charge in [-0.15, -0.1) is 0 Å². The molecule has 108 valence electrons. The van der Waals surface area contributed by atoms with Gasteiger partial charge in [-0.3, -0.25) is 5.10 Å². The Morgan fingerprint density at radius 3 is 2.85 bits per heavy atom. The summed E-state index contributed by atoms with van der Waals surface area (Å²) in [5.74, 6) is -0.290. The van der Waals surface area contributed by atoms with Crippen LogP contribution in [0.1, 0.15) is 24.4 Å². The highest BCUT2D eigenvalue weighted by molar-refractivity contribution is 7.89. The molecule has 1 aromatic carbocycles. The average Bonchev–Trinajstić information content (AvgIpc) is 2.91. The van der Waals surface area contributed by atoms with Gasteiger partial charge in [-0.25, -0.2) is 22.5 Å². The summed E-state index contributed by atoms with van der Waals surface area (Å²) < 4.78 is 40.5. The average molecular weight is 299 g/mol. The van der Waals surface area contributed by atoms with Gasteiger partial charge in [-0.1, -0.05) is 6.07 Å². The number of nitrogens with two attached hydrogens (primary N) is 1. The van der Waals surface area contributed by atoms with Crippen molar-refractivity contribution in [2.24, 2.45) is 5.73 Å². The van der Waals surface area contributed by atoms with Crippen molar-refractivity contribution in [2.45, 2.75) is 24.4 Å². The molecule has 0 fully saturated rings. The minimum Gasteiger partial charge on any atom is -0.326 e. The smallest absolute Gasteiger partial charge is 0.241 e. The van der Waals surface area contributed by atoms with Crippen LogP contribution in [0.5, 0.6) is 0 Å². The van der Waals surface area contributed by atoms with E-state index in [9.17, 15) is 12.8 Å². The van der Waals surface area contributed by atoms with E-state index in [1.54, 1.807) is 6.92 Å². The minimum absolute atomic E-state index is 0.0511. The second-order valence-electron chi connectivity index (χ2n) is 4.13. The number of hydrogen-bond donors (Lipinski definition) is 3. The molecule has 7 nitrogen and oxygen atoms in total. The molecule has 1 unspecified atom stereocenters. The summed E-state index contributed by atoms with van der Waals surface area (Å²) in [4.78, 5) is 3.69. The Morgan fingerprint density at radius 2 is 2.25 bits per heavy atom. The van der Waals surface area contributed by atoms with Crippen LogP contribution in [-0.4, -0.2) is 23.6 Å². The lowest BCUT2D eigenvalue weighted by Gasteiger charge is -2.14. The van der Waals surface area contributed by atoms with Crippen molar-refractivity contribution in [3.63, 3.8) is 0 Å². The normalized spacial score (nSPS) is 13.3. The quantitative estimate of drug-likeness (QED) is 0.741. The van der Waals surface area contributed by atoms with E-state index in [0.717, 1.165) is 0 Å². The van der Waals surface area contributed by atoms with E-state index in [2.05, 4.69) is 19.9 Å². The van der Waals surface area contributed by atoms with Crippen molar-refractivity contribution >= 4 is 10.0 Å². The molecule has 0 aliphatic rings. The highest BCUT2D eigenvalue weighted by atomic mass is 32.2. The molecule has 0 saturated carbocycles. The van der Waals surface area contributed by atoms with Gasteiger partial charge in [0.25, 0.3) is 0 Å². The number of rotatable bonds is 5. The zero-order chi connectivity index (χ0) is 14.8. The maximum atomic E-state index is 13.6. The van der Waals surface area contributed by atoms with Crippen LogP contribution in [0.3, 0.4) is 0 Å². The highest BCUT2D eigenvalue weighted by Crippen LogP contribution is 2.20. The summed E-state index contributed by atoms with van der Waals surface area (Å²) in [6.07, 6.45) is 1.27. The lowest BCUT2D eigenvalue weighted by atomic mass is 10.2. The summed E-state index contributed by atoms with van der Waals surface area (Å²) in [5, 5.41) is 6.21. The molecule has 0 amide bonds. The first-order chi connectivity index (χ1) is 9.45. The molecule has 2 rings (SSSR count). The highest BCUT2D eigenvalue weighted by Gasteiger charge is 2.23. The molecule has 4 N–H and O–H groups in total. The molecule has 2 aromatic rings. The fourth-order valence-electron chi connectivity index (χ4n) is 1.76. The summed E-state index contributed by atoms with van der Waals surface area (Å²) in [6, 6.07) is 3.17. The summed E-state index contributed by atoms with van der Waals surface area (Å²) in [6.45, 7) is 1.39. The van der Waals surface area contributed by atoms with Crippen LogP contribution in [0, 0.1) is 5.82 Å². The number of halogens is 1. The molecule has 1 atom stereocenters. The number of H-pyrrole nitrogens is 1. The molecule has 1 aromatic heterocycles. The van der Waals surface area contributed by atoms with Gasteiger partial charge in [0.2, 0.25) is 10.0 Å². The molecule has 0 aliphatic heterocycles. The molecule has 0 bridgehead atoms.